The molecule has 0 aliphatic rings. The van der Waals surface area contributed by atoms with Crippen LogP contribution in [0.1, 0.15) is 30.0 Å². The molecule has 1 N–H and O–H groups in total. The second-order valence-electron chi connectivity index (χ2n) is 6.56. The number of amides is 1. The lowest BCUT2D eigenvalue weighted by Crippen LogP contribution is -2.33. The fraction of sp³-hybridized carbons (Fsp3) is 0.273. The zero-order valence-corrected chi connectivity index (χ0v) is 18.2. The minimum absolute atomic E-state index is 0.0668. The van der Waals surface area contributed by atoms with Crippen molar-refractivity contribution in [3.05, 3.63) is 63.8 Å². The van der Waals surface area contributed by atoms with E-state index in [0.29, 0.717) is 44.6 Å². The maximum absolute atomic E-state index is 12.6. The second-order valence-corrected chi connectivity index (χ2v) is 7.38. The molecule has 158 valence electrons. The molecule has 1 aromatic heterocycles. The van der Waals surface area contributed by atoms with Gasteiger partial charge < -0.3 is 14.5 Å². The third kappa shape index (κ3) is 4.95. The van der Waals surface area contributed by atoms with Gasteiger partial charge in [-0.2, -0.15) is 0 Å². The molecule has 0 saturated carbocycles. The van der Waals surface area contributed by atoms with Gasteiger partial charge in [-0.05, 0) is 31.7 Å². The summed E-state index contributed by atoms with van der Waals surface area (Å²) in [7, 11) is 0. The number of likely N-dealkylation sites (N-methyl/N-ethyl adjacent to an activating group) is 1. The lowest BCUT2D eigenvalue weighted by Gasteiger charge is -2.19. The minimum Gasteiger partial charge on any atom is -0.462 e. The van der Waals surface area contributed by atoms with Gasteiger partial charge in [-0.1, -0.05) is 54.4 Å². The molecule has 3 rings (SSSR count). The topological polar surface area (TPSA) is 71.8 Å². The summed E-state index contributed by atoms with van der Waals surface area (Å²) in [6.07, 6.45) is 0. The molecule has 8 heteroatoms. The molecule has 6 nitrogen and oxygen atoms in total. The van der Waals surface area contributed by atoms with Gasteiger partial charge in [0.2, 0.25) is 5.91 Å². The van der Waals surface area contributed by atoms with E-state index in [4.69, 9.17) is 32.4 Å². The van der Waals surface area contributed by atoms with E-state index in [0.717, 1.165) is 0 Å². The predicted molar refractivity (Wildman–Crippen MR) is 118 cm³/mol. The molecule has 0 aliphatic carbocycles. The van der Waals surface area contributed by atoms with E-state index in [1.165, 1.54) is 0 Å². The Kier molecular flexibility index (Phi) is 7.37. The number of rotatable bonds is 8. The smallest absolute Gasteiger partial charge is 0.342 e. The number of anilines is 1. The fourth-order valence-electron chi connectivity index (χ4n) is 3.12. The number of ether oxygens (including phenoxy) is 1. The largest absolute Gasteiger partial charge is 0.462 e. The Hall–Kier alpha value is -2.54. The molecule has 30 heavy (non-hydrogen) atoms. The molecule has 0 saturated heterocycles. The number of esters is 1. The van der Waals surface area contributed by atoms with E-state index in [1.54, 1.807) is 31.2 Å². The van der Waals surface area contributed by atoms with Crippen molar-refractivity contribution in [2.45, 2.75) is 20.4 Å². The number of benzene rings is 2. The van der Waals surface area contributed by atoms with Crippen LogP contribution < -0.4 is 5.32 Å². The highest BCUT2D eigenvalue weighted by molar-refractivity contribution is 6.39. The van der Waals surface area contributed by atoms with Gasteiger partial charge in [0.05, 0.1) is 35.4 Å². The molecule has 0 spiro atoms. The van der Waals surface area contributed by atoms with Gasteiger partial charge in [-0.25, -0.2) is 4.79 Å². The van der Waals surface area contributed by atoms with Crippen molar-refractivity contribution in [2.75, 3.05) is 25.0 Å². The lowest BCUT2D eigenvalue weighted by molar-refractivity contribution is -0.117. The molecule has 0 fully saturated rings. The van der Waals surface area contributed by atoms with Crippen LogP contribution in [0.4, 0.5) is 5.69 Å². The quantitative estimate of drug-likeness (QED) is 0.468. The molecule has 0 aliphatic heterocycles. The number of furan rings is 1. The van der Waals surface area contributed by atoms with Crippen LogP contribution in [0.25, 0.3) is 11.0 Å². The van der Waals surface area contributed by atoms with Gasteiger partial charge >= 0.3 is 5.97 Å². The normalized spacial score (nSPS) is 11.1. The first-order chi connectivity index (χ1) is 14.4. The summed E-state index contributed by atoms with van der Waals surface area (Å²) in [5.41, 5.74) is 1.36. The van der Waals surface area contributed by atoms with Crippen molar-refractivity contribution in [1.82, 2.24) is 4.90 Å². The molecule has 0 unspecified atom stereocenters. The van der Waals surface area contributed by atoms with Crippen molar-refractivity contribution >= 4 is 51.7 Å². The highest BCUT2D eigenvalue weighted by atomic mass is 35.5. The zero-order chi connectivity index (χ0) is 21.7. The zero-order valence-electron chi connectivity index (χ0n) is 16.7. The Labute approximate surface area is 184 Å². The predicted octanol–water partition coefficient (Wildman–Crippen LogP) is 5.38. The number of nitrogens with one attached hydrogen (secondary N) is 1. The number of fused-ring (bicyclic) bond motifs is 1. The average Bonchev–Trinajstić information content (AvgIpc) is 3.08. The summed E-state index contributed by atoms with van der Waals surface area (Å²) in [5.74, 6) is -0.262. The van der Waals surface area contributed by atoms with Crippen LogP contribution in [-0.2, 0) is 16.1 Å². The maximum Gasteiger partial charge on any atom is 0.342 e. The second kappa shape index (κ2) is 9.98. The highest BCUT2D eigenvalue weighted by Gasteiger charge is 2.24. The number of para-hydroxylation sites is 2. The van der Waals surface area contributed by atoms with E-state index in [-0.39, 0.29) is 25.6 Å². The van der Waals surface area contributed by atoms with Gasteiger partial charge in [-0.3, -0.25) is 9.69 Å². The third-order valence-corrected chi connectivity index (χ3v) is 5.19. The lowest BCUT2D eigenvalue weighted by atomic mass is 10.1. The van der Waals surface area contributed by atoms with Crippen molar-refractivity contribution in [1.29, 1.82) is 0 Å². The van der Waals surface area contributed by atoms with Gasteiger partial charge in [-0.15, -0.1) is 0 Å². The van der Waals surface area contributed by atoms with Gasteiger partial charge in [0, 0.05) is 5.39 Å². The van der Waals surface area contributed by atoms with E-state index in [1.807, 2.05) is 30.0 Å². The van der Waals surface area contributed by atoms with Crippen LogP contribution in [0.15, 0.2) is 46.9 Å². The van der Waals surface area contributed by atoms with Crippen LogP contribution in [-0.4, -0.2) is 36.5 Å². The average molecular weight is 449 g/mol. The first-order valence-corrected chi connectivity index (χ1v) is 10.3. The molecule has 2 aromatic carbocycles. The first kappa shape index (κ1) is 22.2. The Morgan fingerprint density at radius 1 is 1.07 bits per heavy atom. The monoisotopic (exact) mass is 448 g/mol. The summed E-state index contributed by atoms with van der Waals surface area (Å²) in [4.78, 5) is 27.0. The Morgan fingerprint density at radius 2 is 1.77 bits per heavy atom. The number of carbonyl (C=O) groups is 2. The van der Waals surface area contributed by atoms with Crippen molar-refractivity contribution in [3.63, 3.8) is 0 Å². The first-order valence-electron chi connectivity index (χ1n) is 9.58. The Balaban J connectivity index is 1.80. The van der Waals surface area contributed by atoms with Gasteiger partial charge in [0.25, 0.3) is 0 Å². The van der Waals surface area contributed by atoms with Crippen LogP contribution in [0.2, 0.25) is 10.0 Å². The van der Waals surface area contributed by atoms with Crippen LogP contribution >= 0.6 is 23.2 Å². The third-order valence-electron chi connectivity index (χ3n) is 4.56. The number of carbonyl (C=O) groups excluding carboxylic acids is 2. The Morgan fingerprint density at radius 3 is 2.43 bits per heavy atom. The minimum atomic E-state index is -0.444. The maximum atomic E-state index is 12.6. The summed E-state index contributed by atoms with van der Waals surface area (Å²) in [6, 6.07) is 12.3. The summed E-state index contributed by atoms with van der Waals surface area (Å²) < 4.78 is 11.1. The number of hydrogen-bond donors (Lipinski definition) is 1. The summed E-state index contributed by atoms with van der Waals surface area (Å²) >= 11 is 12.3. The molecular formula is C22H22Cl2N2O4. The van der Waals surface area contributed by atoms with E-state index < -0.39 is 5.97 Å². The van der Waals surface area contributed by atoms with Gasteiger partial charge in [0.15, 0.2) is 0 Å². The Bertz CT molecular complexity index is 1040. The number of hydrogen-bond acceptors (Lipinski definition) is 5. The SMILES string of the molecule is CCOC(=O)c1c(CN(CC)CC(=O)Nc2c(Cl)cccc2Cl)oc2ccccc12. The highest BCUT2D eigenvalue weighted by Crippen LogP contribution is 2.30. The molecule has 3 aromatic rings. The van der Waals surface area contributed by atoms with E-state index in [9.17, 15) is 9.59 Å². The molecule has 0 atom stereocenters. The molecule has 0 bridgehead atoms. The fourth-order valence-corrected chi connectivity index (χ4v) is 3.61. The summed E-state index contributed by atoms with van der Waals surface area (Å²) in [6.45, 7) is 4.82. The van der Waals surface area contributed by atoms with Crippen LogP contribution in [0.3, 0.4) is 0 Å². The van der Waals surface area contributed by atoms with Crippen molar-refractivity contribution in [3.8, 4) is 0 Å². The number of halogens is 2. The van der Waals surface area contributed by atoms with Crippen LogP contribution in [0, 0.1) is 0 Å². The van der Waals surface area contributed by atoms with Gasteiger partial charge in [0.1, 0.15) is 16.9 Å². The van der Waals surface area contributed by atoms with Crippen molar-refractivity contribution in [2.24, 2.45) is 0 Å². The van der Waals surface area contributed by atoms with E-state index >= 15 is 0 Å². The summed E-state index contributed by atoms with van der Waals surface area (Å²) in [5, 5.41) is 4.16. The standard InChI is InChI=1S/C22H22Cl2N2O4/c1-3-26(13-19(27)25-21-15(23)9-7-10-16(21)24)12-18-20(22(28)29-4-2)14-8-5-6-11-17(14)30-18/h5-11H,3-4,12-13H2,1-2H3,(H,25,27). The molecule has 1 heterocycles. The van der Waals surface area contributed by atoms with Crippen LogP contribution in [0.5, 0.6) is 0 Å². The van der Waals surface area contributed by atoms with E-state index in [2.05, 4.69) is 5.32 Å². The molecule has 0 radical (unpaired) electrons. The van der Waals surface area contributed by atoms with Crippen molar-refractivity contribution < 1.29 is 18.7 Å². The molecule has 1 amide bonds. The molecular weight excluding hydrogens is 427 g/mol. The number of nitrogens with zero attached hydrogens (tertiary/aromatic N) is 1.